The van der Waals surface area contributed by atoms with E-state index in [4.69, 9.17) is 15.2 Å². The molecule has 14 heteroatoms. The zero-order chi connectivity index (χ0) is 25.9. The van der Waals surface area contributed by atoms with E-state index in [2.05, 4.69) is 30.0 Å². The average Bonchev–Trinajstić information content (AvgIpc) is 3.28. The minimum absolute atomic E-state index is 0.140. The minimum atomic E-state index is -3.36. The summed E-state index contributed by atoms with van der Waals surface area (Å²) in [6.07, 6.45) is 1.75. The Bertz CT molecular complexity index is 1340. The van der Waals surface area contributed by atoms with Crippen LogP contribution in [0, 0.1) is 11.2 Å². The molecule has 1 aliphatic heterocycles. The number of H-pyrrole nitrogens is 1. The van der Waals surface area contributed by atoms with E-state index >= 15 is 0 Å². The maximum atomic E-state index is 13.6. The Hall–Kier alpha value is -3.46. The molecular formula is C22H26FN7O5S. The molecule has 0 aliphatic carbocycles. The molecule has 192 valence electrons. The van der Waals surface area contributed by atoms with Crippen LogP contribution in [0.25, 0.3) is 22.6 Å². The molecule has 0 atom stereocenters. The van der Waals surface area contributed by atoms with Gasteiger partial charge in [0.2, 0.25) is 28.2 Å². The number of ether oxygens (including phenoxy) is 2. The van der Waals surface area contributed by atoms with Gasteiger partial charge in [0.05, 0.1) is 43.1 Å². The first kappa shape index (κ1) is 25.6. The van der Waals surface area contributed by atoms with Crippen LogP contribution in [0.5, 0.6) is 0 Å². The molecule has 12 nitrogen and oxygen atoms in total. The Morgan fingerprint density at radius 2 is 1.92 bits per heavy atom. The van der Waals surface area contributed by atoms with E-state index in [1.807, 2.05) is 6.92 Å². The molecular weight excluding hydrogens is 493 g/mol. The van der Waals surface area contributed by atoms with Crippen molar-refractivity contribution in [3.8, 4) is 22.6 Å². The number of hydrogen-bond acceptors (Lipinski definition) is 9. The van der Waals surface area contributed by atoms with Crippen molar-refractivity contribution in [2.75, 3.05) is 37.9 Å². The number of carbonyl (C=O) groups is 1. The number of carbonyl (C=O) groups excluding carboxylic acids is 1. The number of primary amides is 1. The monoisotopic (exact) mass is 519 g/mol. The molecule has 1 aromatic carbocycles. The van der Waals surface area contributed by atoms with E-state index in [1.54, 1.807) is 18.2 Å². The first-order valence-electron chi connectivity index (χ1n) is 10.9. The van der Waals surface area contributed by atoms with E-state index in [1.165, 1.54) is 18.3 Å². The van der Waals surface area contributed by atoms with E-state index in [-0.39, 0.29) is 32.3 Å². The molecule has 0 radical (unpaired) electrons. The van der Waals surface area contributed by atoms with Gasteiger partial charge < -0.3 is 25.5 Å². The number of anilines is 1. The number of nitrogens with one attached hydrogen (secondary N) is 3. The Balaban J connectivity index is 1.62. The number of halogens is 1. The molecule has 0 bridgehead atoms. The van der Waals surface area contributed by atoms with Crippen molar-refractivity contribution in [2.24, 2.45) is 11.1 Å². The highest BCUT2D eigenvalue weighted by molar-refractivity contribution is 7.88. The van der Waals surface area contributed by atoms with Crippen LogP contribution >= 0.6 is 0 Å². The zero-order valence-corrected chi connectivity index (χ0v) is 20.4. The lowest BCUT2D eigenvalue weighted by Crippen LogP contribution is -2.45. The van der Waals surface area contributed by atoms with E-state index < -0.39 is 33.5 Å². The Kier molecular flexibility index (Phi) is 7.31. The summed E-state index contributed by atoms with van der Waals surface area (Å²) in [5.41, 5.74) is 6.66. The van der Waals surface area contributed by atoms with Gasteiger partial charge in [-0.2, -0.15) is 0 Å². The second-order valence-corrected chi connectivity index (χ2v) is 10.6. The molecule has 0 unspecified atom stereocenters. The van der Waals surface area contributed by atoms with Gasteiger partial charge in [-0.25, -0.2) is 32.5 Å². The molecule has 1 amide bonds. The van der Waals surface area contributed by atoms with Crippen LogP contribution in [-0.4, -0.2) is 66.8 Å². The van der Waals surface area contributed by atoms with Crippen LogP contribution in [0.4, 0.5) is 10.3 Å². The number of aromatic amines is 1. The third-order valence-corrected chi connectivity index (χ3v) is 5.99. The van der Waals surface area contributed by atoms with Gasteiger partial charge in [0, 0.05) is 23.7 Å². The molecule has 36 heavy (non-hydrogen) atoms. The lowest BCUT2D eigenvalue weighted by atomic mass is 9.92. The summed E-state index contributed by atoms with van der Waals surface area (Å²) in [6, 6.07) is 7.46. The molecule has 2 aromatic heterocycles. The third kappa shape index (κ3) is 6.40. The fourth-order valence-corrected chi connectivity index (χ4v) is 4.07. The summed E-state index contributed by atoms with van der Waals surface area (Å²) >= 11 is 0. The zero-order valence-electron chi connectivity index (χ0n) is 19.6. The summed E-state index contributed by atoms with van der Waals surface area (Å²) in [5, 5.41) is 2.74. The van der Waals surface area contributed by atoms with Gasteiger partial charge in [-0.05, 0) is 30.3 Å². The summed E-state index contributed by atoms with van der Waals surface area (Å²) in [6.45, 7) is 2.30. The first-order chi connectivity index (χ1) is 17.0. The fourth-order valence-electron chi connectivity index (χ4n) is 3.46. The normalized spacial score (nSPS) is 20.2. The molecule has 3 aromatic rings. The fraction of sp³-hybridized carbons (Fsp3) is 0.364. The Labute approximate surface area is 206 Å². The number of nitrogens with zero attached hydrogens (tertiary/aromatic N) is 3. The number of nitrogens with two attached hydrogens (primary N) is 1. The predicted molar refractivity (Wildman–Crippen MR) is 128 cm³/mol. The number of aromatic nitrogens is 4. The van der Waals surface area contributed by atoms with Crippen molar-refractivity contribution >= 4 is 21.9 Å². The Morgan fingerprint density at radius 3 is 2.56 bits per heavy atom. The van der Waals surface area contributed by atoms with Gasteiger partial charge in [-0.3, -0.25) is 4.79 Å². The SMILES string of the molecule is CC1(CNS(C)(=O)=O)COC(c2nc(-c3ccc(F)cc3)c(-c3ccnc(NCC(N)=O)n3)[nH]2)OC1. The Morgan fingerprint density at radius 1 is 1.22 bits per heavy atom. The predicted octanol–water partition coefficient (Wildman–Crippen LogP) is 1.17. The molecule has 0 saturated carbocycles. The smallest absolute Gasteiger partial charge is 0.236 e. The molecule has 5 N–H and O–H groups in total. The first-order valence-corrected chi connectivity index (χ1v) is 12.8. The van der Waals surface area contributed by atoms with Crippen molar-refractivity contribution in [2.45, 2.75) is 13.2 Å². The van der Waals surface area contributed by atoms with Crippen LogP contribution in [0.15, 0.2) is 36.5 Å². The summed E-state index contributed by atoms with van der Waals surface area (Å²) in [4.78, 5) is 27.4. The van der Waals surface area contributed by atoms with Crippen molar-refractivity contribution in [1.82, 2.24) is 24.7 Å². The summed E-state index contributed by atoms with van der Waals surface area (Å²) in [7, 11) is -3.36. The number of benzene rings is 1. The third-order valence-electron chi connectivity index (χ3n) is 5.32. The lowest BCUT2D eigenvalue weighted by molar-refractivity contribution is -0.231. The molecule has 1 saturated heterocycles. The van der Waals surface area contributed by atoms with Crippen molar-refractivity contribution in [1.29, 1.82) is 0 Å². The van der Waals surface area contributed by atoms with Crippen LogP contribution in [0.3, 0.4) is 0 Å². The highest BCUT2D eigenvalue weighted by atomic mass is 32.2. The molecule has 3 heterocycles. The van der Waals surface area contributed by atoms with Gasteiger partial charge in [0.1, 0.15) is 5.82 Å². The number of amides is 1. The van der Waals surface area contributed by atoms with Gasteiger partial charge in [-0.1, -0.05) is 6.92 Å². The standard InChI is InChI=1S/C22H26FN7O5S/c1-22(10-27-36(2,32)33)11-34-20(35-12-22)19-29-17(13-3-5-14(23)6-4-13)18(30-19)15-7-8-25-21(28-15)26-9-16(24)31/h3-8,20,27H,9-12H2,1-2H3,(H2,24,31)(H,29,30)(H,25,26,28). The number of rotatable bonds is 9. The lowest BCUT2D eigenvalue weighted by Gasteiger charge is -2.36. The van der Waals surface area contributed by atoms with Crippen molar-refractivity contribution in [3.05, 3.63) is 48.2 Å². The number of imidazole rings is 1. The second-order valence-electron chi connectivity index (χ2n) is 8.80. The van der Waals surface area contributed by atoms with Gasteiger partial charge in [0.25, 0.3) is 0 Å². The van der Waals surface area contributed by atoms with Gasteiger partial charge in [-0.15, -0.1) is 0 Å². The largest absolute Gasteiger partial charge is 0.368 e. The van der Waals surface area contributed by atoms with Gasteiger partial charge in [0.15, 0.2) is 5.82 Å². The van der Waals surface area contributed by atoms with E-state index in [0.29, 0.717) is 28.5 Å². The van der Waals surface area contributed by atoms with Crippen LogP contribution in [-0.2, 0) is 24.3 Å². The molecule has 4 rings (SSSR count). The molecule has 1 aliphatic rings. The second kappa shape index (κ2) is 10.3. The van der Waals surface area contributed by atoms with E-state index in [9.17, 15) is 17.6 Å². The van der Waals surface area contributed by atoms with E-state index in [0.717, 1.165) is 6.26 Å². The maximum Gasteiger partial charge on any atom is 0.236 e. The van der Waals surface area contributed by atoms with Crippen LogP contribution < -0.4 is 15.8 Å². The maximum absolute atomic E-state index is 13.6. The highest BCUT2D eigenvalue weighted by Crippen LogP contribution is 2.35. The van der Waals surface area contributed by atoms with Crippen molar-refractivity contribution in [3.63, 3.8) is 0 Å². The summed E-state index contributed by atoms with van der Waals surface area (Å²) < 4.78 is 50.7. The van der Waals surface area contributed by atoms with Crippen molar-refractivity contribution < 1.29 is 27.1 Å². The number of hydrogen-bond donors (Lipinski definition) is 4. The van der Waals surface area contributed by atoms with Crippen LogP contribution in [0.2, 0.25) is 0 Å². The minimum Gasteiger partial charge on any atom is -0.368 e. The number of sulfonamides is 1. The topological polar surface area (TPSA) is 174 Å². The molecule has 1 fully saturated rings. The summed E-state index contributed by atoms with van der Waals surface area (Å²) in [5.74, 6) is -0.415. The average molecular weight is 520 g/mol. The molecule has 0 spiro atoms. The highest BCUT2D eigenvalue weighted by Gasteiger charge is 2.35. The quantitative estimate of drug-likeness (QED) is 0.323. The van der Waals surface area contributed by atoms with Gasteiger partial charge >= 0.3 is 0 Å². The van der Waals surface area contributed by atoms with Crippen LogP contribution in [0.1, 0.15) is 19.0 Å².